The molecule has 8 heteroatoms. The van der Waals surface area contributed by atoms with Crippen molar-refractivity contribution < 1.29 is 14.6 Å². The smallest absolute Gasteiger partial charge is 0.338 e. The summed E-state index contributed by atoms with van der Waals surface area (Å²) in [4.78, 5) is 24.1. The van der Waals surface area contributed by atoms with Gasteiger partial charge in [-0.15, -0.1) is 0 Å². The Balaban J connectivity index is 1.84. The van der Waals surface area contributed by atoms with Gasteiger partial charge in [-0.1, -0.05) is 17.7 Å². The summed E-state index contributed by atoms with van der Waals surface area (Å²) in [7, 11) is 1.45. The maximum absolute atomic E-state index is 11.6. The van der Waals surface area contributed by atoms with Gasteiger partial charge >= 0.3 is 5.97 Å². The van der Waals surface area contributed by atoms with E-state index in [1.54, 1.807) is 17.0 Å². The van der Waals surface area contributed by atoms with Crippen molar-refractivity contribution in [3.8, 4) is 5.88 Å². The Kier molecular flexibility index (Phi) is 3.93. The molecule has 0 atom stereocenters. The van der Waals surface area contributed by atoms with E-state index in [1.165, 1.54) is 13.4 Å². The van der Waals surface area contributed by atoms with Gasteiger partial charge in [0, 0.05) is 24.3 Å². The molecule has 3 heterocycles. The fourth-order valence-corrected chi connectivity index (χ4v) is 3.15. The molecule has 0 radical (unpaired) electrons. The number of hydrogen-bond donors (Lipinski definition) is 1. The van der Waals surface area contributed by atoms with E-state index in [0.717, 1.165) is 16.5 Å². The second-order valence-corrected chi connectivity index (χ2v) is 6.17. The molecule has 0 bridgehead atoms. The minimum atomic E-state index is -1.06. The molecular weight excluding hydrogens is 356 g/mol. The van der Waals surface area contributed by atoms with Gasteiger partial charge in [0.1, 0.15) is 12.0 Å². The highest BCUT2D eigenvalue weighted by atomic mass is 35.5. The first-order valence-electron chi connectivity index (χ1n) is 7.72. The summed E-state index contributed by atoms with van der Waals surface area (Å²) in [5.41, 5.74) is 2.40. The Hall–Kier alpha value is -3.19. The first-order valence-corrected chi connectivity index (χ1v) is 8.10. The van der Waals surface area contributed by atoms with Crippen LogP contribution in [0, 0.1) is 0 Å². The Morgan fingerprint density at radius 2 is 2.12 bits per heavy atom. The van der Waals surface area contributed by atoms with Crippen LogP contribution in [0.2, 0.25) is 5.02 Å². The minimum absolute atomic E-state index is 0.1000. The Morgan fingerprint density at radius 3 is 2.88 bits per heavy atom. The van der Waals surface area contributed by atoms with Gasteiger partial charge in [-0.25, -0.2) is 14.8 Å². The molecule has 0 aliphatic heterocycles. The van der Waals surface area contributed by atoms with Crippen LogP contribution in [0.25, 0.3) is 21.9 Å². The predicted molar refractivity (Wildman–Crippen MR) is 96.9 cm³/mol. The van der Waals surface area contributed by atoms with E-state index < -0.39 is 5.97 Å². The van der Waals surface area contributed by atoms with E-state index in [1.807, 2.05) is 24.3 Å². The molecule has 4 aromatic rings. The minimum Gasteiger partial charge on any atom is -0.480 e. The predicted octanol–water partition coefficient (Wildman–Crippen LogP) is 3.39. The number of carbonyl (C=O) groups is 1. The van der Waals surface area contributed by atoms with Crippen LogP contribution >= 0.6 is 11.6 Å². The summed E-state index contributed by atoms with van der Waals surface area (Å²) < 4.78 is 6.97. The second-order valence-electron chi connectivity index (χ2n) is 5.74. The van der Waals surface area contributed by atoms with Gasteiger partial charge in [0.25, 0.3) is 0 Å². The third-order valence-corrected chi connectivity index (χ3v) is 4.31. The van der Waals surface area contributed by atoms with E-state index in [0.29, 0.717) is 22.6 Å². The Morgan fingerprint density at radius 1 is 1.27 bits per heavy atom. The van der Waals surface area contributed by atoms with Gasteiger partial charge < -0.3 is 14.4 Å². The van der Waals surface area contributed by atoms with Crippen molar-refractivity contribution in [1.82, 2.24) is 19.5 Å². The Bertz CT molecular complexity index is 1160. The molecule has 0 saturated carbocycles. The molecule has 1 N–H and O–H groups in total. The fraction of sp³-hybridized carbons (Fsp3) is 0.111. The van der Waals surface area contributed by atoms with Crippen molar-refractivity contribution in [1.29, 1.82) is 0 Å². The number of pyridine rings is 1. The first-order chi connectivity index (χ1) is 12.6. The number of hydrogen-bond acceptors (Lipinski definition) is 5. The lowest BCUT2D eigenvalue weighted by Gasteiger charge is -2.07. The summed E-state index contributed by atoms with van der Waals surface area (Å²) in [6.07, 6.45) is 4.50. The third-order valence-electron chi connectivity index (χ3n) is 4.11. The topological polar surface area (TPSA) is 90.1 Å². The van der Waals surface area contributed by atoms with Crippen LogP contribution in [-0.2, 0) is 6.54 Å². The number of aromatic carboxylic acids is 1. The quantitative estimate of drug-likeness (QED) is 0.593. The second kappa shape index (κ2) is 6.27. The average molecular weight is 369 g/mol. The van der Waals surface area contributed by atoms with Crippen LogP contribution in [-0.4, -0.2) is 37.7 Å². The zero-order chi connectivity index (χ0) is 18.3. The van der Waals surface area contributed by atoms with Gasteiger partial charge in [-0.05, 0) is 23.8 Å². The van der Waals surface area contributed by atoms with Crippen LogP contribution < -0.4 is 4.74 Å². The van der Waals surface area contributed by atoms with Gasteiger partial charge in [-0.2, -0.15) is 0 Å². The number of rotatable bonds is 4. The molecule has 130 valence electrons. The molecular formula is C18H13ClN4O3. The number of methoxy groups -OCH3 is 1. The molecule has 26 heavy (non-hydrogen) atoms. The summed E-state index contributed by atoms with van der Waals surface area (Å²) in [5, 5.41) is 11.4. The van der Waals surface area contributed by atoms with E-state index in [9.17, 15) is 9.90 Å². The molecule has 3 aromatic heterocycles. The summed E-state index contributed by atoms with van der Waals surface area (Å²) in [6, 6.07) is 7.65. The maximum Gasteiger partial charge on any atom is 0.338 e. The van der Waals surface area contributed by atoms with Crippen molar-refractivity contribution in [2.24, 2.45) is 0 Å². The number of nitrogens with zero attached hydrogens (tertiary/aromatic N) is 4. The third kappa shape index (κ3) is 2.72. The van der Waals surface area contributed by atoms with E-state index in [4.69, 9.17) is 16.3 Å². The molecule has 1 aromatic carbocycles. The van der Waals surface area contributed by atoms with Crippen molar-refractivity contribution in [3.05, 3.63) is 59.1 Å². The fourth-order valence-electron chi connectivity index (χ4n) is 2.98. The monoisotopic (exact) mass is 368 g/mol. The van der Waals surface area contributed by atoms with Crippen molar-refractivity contribution >= 4 is 39.5 Å². The summed E-state index contributed by atoms with van der Waals surface area (Å²) in [5.74, 6) is -0.822. The standard InChI is InChI=1S/C18H13ClN4O3/c1-26-17-15-13(18(24)25)8-23(16(15)21-9-22-17)7-10-2-3-14-11(4-10)5-12(19)6-20-14/h2-6,8-9H,7H2,1H3,(H,24,25). The van der Waals surface area contributed by atoms with E-state index in [2.05, 4.69) is 15.0 Å². The highest BCUT2D eigenvalue weighted by molar-refractivity contribution is 6.31. The largest absolute Gasteiger partial charge is 0.480 e. The van der Waals surface area contributed by atoms with E-state index in [-0.39, 0.29) is 11.4 Å². The summed E-state index contributed by atoms with van der Waals surface area (Å²) >= 11 is 6.02. The average Bonchev–Trinajstić information content (AvgIpc) is 3.00. The van der Waals surface area contributed by atoms with Crippen LogP contribution in [0.1, 0.15) is 15.9 Å². The van der Waals surface area contributed by atoms with E-state index >= 15 is 0 Å². The highest BCUT2D eigenvalue weighted by Gasteiger charge is 2.20. The highest BCUT2D eigenvalue weighted by Crippen LogP contribution is 2.28. The number of fused-ring (bicyclic) bond motifs is 2. The molecule has 0 saturated heterocycles. The lowest BCUT2D eigenvalue weighted by Crippen LogP contribution is -2.00. The van der Waals surface area contributed by atoms with Crippen LogP contribution in [0.4, 0.5) is 0 Å². The van der Waals surface area contributed by atoms with Gasteiger partial charge in [0.05, 0.1) is 28.6 Å². The van der Waals surface area contributed by atoms with Crippen LogP contribution in [0.5, 0.6) is 5.88 Å². The lowest BCUT2D eigenvalue weighted by atomic mass is 10.1. The normalized spacial score (nSPS) is 11.2. The zero-order valence-electron chi connectivity index (χ0n) is 13.7. The van der Waals surface area contributed by atoms with Crippen molar-refractivity contribution in [3.63, 3.8) is 0 Å². The van der Waals surface area contributed by atoms with Gasteiger partial charge in [-0.3, -0.25) is 4.98 Å². The number of carboxylic acid groups (broad SMARTS) is 1. The van der Waals surface area contributed by atoms with Crippen molar-refractivity contribution in [2.75, 3.05) is 7.11 Å². The molecule has 7 nitrogen and oxygen atoms in total. The molecule has 0 spiro atoms. The molecule has 0 amide bonds. The number of ether oxygens (including phenoxy) is 1. The molecule has 0 fully saturated rings. The summed E-state index contributed by atoms with van der Waals surface area (Å²) in [6.45, 7) is 0.437. The SMILES string of the molecule is COc1ncnc2c1c(C(=O)O)cn2Cc1ccc2ncc(Cl)cc2c1. The maximum atomic E-state index is 11.6. The molecule has 0 aliphatic carbocycles. The van der Waals surface area contributed by atoms with Gasteiger partial charge in [0.15, 0.2) is 0 Å². The number of benzene rings is 1. The first kappa shape index (κ1) is 16.3. The van der Waals surface area contributed by atoms with Crippen molar-refractivity contribution in [2.45, 2.75) is 6.54 Å². The number of carboxylic acids is 1. The molecule has 0 unspecified atom stereocenters. The van der Waals surface area contributed by atoms with Crippen LogP contribution in [0.15, 0.2) is 43.0 Å². The van der Waals surface area contributed by atoms with Crippen LogP contribution in [0.3, 0.4) is 0 Å². The Labute approximate surface area is 152 Å². The lowest BCUT2D eigenvalue weighted by molar-refractivity contribution is 0.0698. The molecule has 4 rings (SSSR count). The zero-order valence-corrected chi connectivity index (χ0v) is 14.4. The number of aromatic nitrogens is 4. The number of halogens is 1. The molecule has 0 aliphatic rings. The van der Waals surface area contributed by atoms with Gasteiger partial charge in [0.2, 0.25) is 5.88 Å².